The molecule has 6 heteroatoms. The van der Waals surface area contributed by atoms with E-state index < -0.39 is 4.92 Å². The zero-order valence-corrected chi connectivity index (χ0v) is 12.2. The van der Waals surface area contributed by atoms with Gasteiger partial charge in [0.25, 0.3) is 5.69 Å². The van der Waals surface area contributed by atoms with Crippen LogP contribution in [0.15, 0.2) is 24.4 Å². The highest BCUT2D eigenvalue weighted by Gasteiger charge is 2.14. The number of aromatic nitrogens is 1. The first-order chi connectivity index (χ1) is 9.99. The van der Waals surface area contributed by atoms with Crippen molar-refractivity contribution >= 4 is 22.1 Å². The zero-order valence-electron chi connectivity index (χ0n) is 12.2. The van der Waals surface area contributed by atoms with E-state index in [1.54, 1.807) is 19.2 Å². The summed E-state index contributed by atoms with van der Waals surface area (Å²) in [5.41, 5.74) is 1.73. The maximum atomic E-state index is 11.1. The molecule has 21 heavy (non-hydrogen) atoms. The molecule has 0 fully saturated rings. The number of fused-ring (bicyclic) bond motifs is 1. The average molecular weight is 289 g/mol. The van der Waals surface area contributed by atoms with Crippen LogP contribution in [0.1, 0.15) is 25.5 Å². The molecule has 1 heterocycles. The summed E-state index contributed by atoms with van der Waals surface area (Å²) in [4.78, 5) is 14.8. The molecule has 0 radical (unpaired) electrons. The van der Waals surface area contributed by atoms with Gasteiger partial charge < -0.3 is 10.4 Å². The molecule has 0 bridgehead atoms. The molecule has 0 aliphatic rings. The van der Waals surface area contributed by atoms with Crippen LogP contribution in [0, 0.1) is 17.0 Å². The number of aryl methyl sites for hydroxylation is 1. The number of aliphatic hydroxyl groups is 1. The smallest absolute Gasteiger partial charge is 0.278 e. The van der Waals surface area contributed by atoms with Crippen LogP contribution in [0.5, 0.6) is 0 Å². The average Bonchev–Trinajstić information content (AvgIpc) is 2.42. The molecule has 1 aromatic heterocycles. The molecule has 2 N–H and O–H groups in total. The molecule has 2 rings (SSSR count). The van der Waals surface area contributed by atoms with Crippen LogP contribution in [0.3, 0.4) is 0 Å². The van der Waals surface area contributed by atoms with Gasteiger partial charge in [0.05, 0.1) is 16.4 Å². The third-order valence-electron chi connectivity index (χ3n) is 3.33. The molecule has 0 saturated carbocycles. The topological polar surface area (TPSA) is 88.3 Å². The number of rotatable bonds is 6. The van der Waals surface area contributed by atoms with E-state index in [1.165, 1.54) is 6.07 Å². The molecule has 0 saturated heterocycles. The number of nitrogens with one attached hydrogen (secondary N) is 1. The van der Waals surface area contributed by atoms with Crippen molar-refractivity contribution in [2.24, 2.45) is 0 Å². The molecular formula is C15H19N3O3. The SMILES string of the molecule is Cc1cc2c(NCCCC(C)O)ccc([N+](=O)[O-])c2cn1. The lowest BCUT2D eigenvalue weighted by molar-refractivity contribution is -0.383. The van der Waals surface area contributed by atoms with E-state index in [0.29, 0.717) is 11.9 Å². The summed E-state index contributed by atoms with van der Waals surface area (Å²) in [6, 6.07) is 5.07. The van der Waals surface area contributed by atoms with Crippen molar-refractivity contribution in [3.63, 3.8) is 0 Å². The third-order valence-corrected chi connectivity index (χ3v) is 3.33. The van der Waals surface area contributed by atoms with Crippen molar-refractivity contribution < 1.29 is 10.0 Å². The van der Waals surface area contributed by atoms with Gasteiger partial charge in [-0.2, -0.15) is 0 Å². The summed E-state index contributed by atoms with van der Waals surface area (Å²) in [6.07, 6.45) is 2.79. The van der Waals surface area contributed by atoms with Gasteiger partial charge in [-0.1, -0.05) is 0 Å². The van der Waals surface area contributed by atoms with Gasteiger partial charge in [-0.3, -0.25) is 15.1 Å². The van der Waals surface area contributed by atoms with Gasteiger partial charge in [0, 0.05) is 35.6 Å². The van der Waals surface area contributed by atoms with E-state index in [-0.39, 0.29) is 11.8 Å². The quantitative estimate of drug-likeness (QED) is 0.485. The standard InChI is InChI=1S/C15H19N3O3/c1-10-8-12-13(9-17-10)15(18(20)21)6-5-14(12)16-7-3-4-11(2)19/h5-6,8-9,11,16,19H,3-4,7H2,1-2H3. The number of benzene rings is 1. The minimum absolute atomic E-state index is 0.0621. The Balaban J connectivity index is 2.29. The molecule has 0 aliphatic heterocycles. The van der Waals surface area contributed by atoms with Crippen LogP contribution < -0.4 is 5.32 Å². The van der Waals surface area contributed by atoms with Gasteiger partial charge in [0.1, 0.15) is 0 Å². The monoisotopic (exact) mass is 289 g/mol. The number of non-ortho nitro benzene ring substituents is 1. The number of nitrogens with zero attached hydrogens (tertiary/aromatic N) is 2. The number of nitro benzene ring substituents is 1. The lowest BCUT2D eigenvalue weighted by atomic mass is 10.1. The summed E-state index contributed by atoms with van der Waals surface area (Å²) in [6.45, 7) is 4.32. The number of pyridine rings is 1. The summed E-state index contributed by atoms with van der Waals surface area (Å²) < 4.78 is 0. The fraction of sp³-hybridized carbons (Fsp3) is 0.400. The fourth-order valence-corrected chi connectivity index (χ4v) is 2.26. The first-order valence-electron chi connectivity index (χ1n) is 6.94. The van der Waals surface area contributed by atoms with Crippen LogP contribution >= 0.6 is 0 Å². The van der Waals surface area contributed by atoms with Crippen LogP contribution in [0.25, 0.3) is 10.8 Å². The molecule has 0 amide bonds. The van der Waals surface area contributed by atoms with Crippen molar-refractivity contribution in [1.82, 2.24) is 4.98 Å². The first kappa shape index (κ1) is 15.2. The highest BCUT2D eigenvalue weighted by atomic mass is 16.6. The Labute approximate surface area is 123 Å². The third kappa shape index (κ3) is 3.66. The number of hydrogen-bond acceptors (Lipinski definition) is 5. The van der Waals surface area contributed by atoms with Crippen molar-refractivity contribution in [3.8, 4) is 0 Å². The lowest BCUT2D eigenvalue weighted by Crippen LogP contribution is -2.07. The van der Waals surface area contributed by atoms with E-state index in [4.69, 9.17) is 0 Å². The second kappa shape index (κ2) is 6.49. The summed E-state index contributed by atoms with van der Waals surface area (Å²) in [5, 5.41) is 24.9. The van der Waals surface area contributed by atoms with Crippen molar-refractivity contribution in [2.75, 3.05) is 11.9 Å². The maximum absolute atomic E-state index is 11.1. The molecule has 1 unspecified atom stereocenters. The van der Waals surface area contributed by atoms with Gasteiger partial charge in [0.2, 0.25) is 0 Å². The molecule has 1 aromatic carbocycles. The molecular weight excluding hydrogens is 270 g/mol. The fourth-order valence-electron chi connectivity index (χ4n) is 2.26. The highest BCUT2D eigenvalue weighted by molar-refractivity contribution is 5.99. The Kier molecular flexibility index (Phi) is 4.70. The lowest BCUT2D eigenvalue weighted by Gasteiger charge is -2.11. The minimum Gasteiger partial charge on any atom is -0.393 e. The highest BCUT2D eigenvalue weighted by Crippen LogP contribution is 2.31. The predicted octanol–water partition coefficient (Wildman–Crippen LogP) is 3.02. The van der Waals surface area contributed by atoms with Crippen LogP contribution in [-0.2, 0) is 0 Å². The van der Waals surface area contributed by atoms with E-state index >= 15 is 0 Å². The summed E-state index contributed by atoms with van der Waals surface area (Å²) in [5.74, 6) is 0. The van der Waals surface area contributed by atoms with Crippen LogP contribution in [0.4, 0.5) is 11.4 Å². The normalized spacial score (nSPS) is 12.3. The first-order valence-corrected chi connectivity index (χ1v) is 6.94. The Hall–Kier alpha value is -2.21. The zero-order chi connectivity index (χ0) is 15.4. The van der Waals surface area contributed by atoms with Gasteiger partial charge in [-0.05, 0) is 38.8 Å². The number of anilines is 1. The molecule has 1 atom stereocenters. The van der Waals surface area contributed by atoms with E-state index in [2.05, 4.69) is 10.3 Å². The molecule has 0 aliphatic carbocycles. The van der Waals surface area contributed by atoms with Gasteiger partial charge >= 0.3 is 0 Å². The number of hydrogen-bond donors (Lipinski definition) is 2. The van der Waals surface area contributed by atoms with Crippen LogP contribution in [0.2, 0.25) is 0 Å². The van der Waals surface area contributed by atoms with Crippen LogP contribution in [-0.4, -0.2) is 27.7 Å². The Morgan fingerprint density at radius 1 is 1.43 bits per heavy atom. The maximum Gasteiger partial charge on any atom is 0.278 e. The Morgan fingerprint density at radius 2 is 2.19 bits per heavy atom. The van der Waals surface area contributed by atoms with E-state index in [9.17, 15) is 15.2 Å². The molecule has 6 nitrogen and oxygen atoms in total. The Bertz CT molecular complexity index is 656. The van der Waals surface area contributed by atoms with E-state index in [0.717, 1.165) is 29.6 Å². The van der Waals surface area contributed by atoms with Crippen molar-refractivity contribution in [3.05, 3.63) is 40.2 Å². The molecule has 2 aromatic rings. The summed E-state index contributed by atoms with van der Waals surface area (Å²) >= 11 is 0. The minimum atomic E-state index is -0.392. The molecule has 112 valence electrons. The van der Waals surface area contributed by atoms with Gasteiger partial charge in [-0.25, -0.2) is 0 Å². The summed E-state index contributed by atoms with van der Waals surface area (Å²) in [7, 11) is 0. The molecule has 0 spiro atoms. The predicted molar refractivity (Wildman–Crippen MR) is 82.5 cm³/mol. The van der Waals surface area contributed by atoms with E-state index in [1.807, 2.05) is 13.0 Å². The van der Waals surface area contributed by atoms with Crippen molar-refractivity contribution in [2.45, 2.75) is 32.8 Å². The number of aliphatic hydroxyl groups excluding tert-OH is 1. The number of nitro groups is 1. The van der Waals surface area contributed by atoms with Gasteiger partial charge in [-0.15, -0.1) is 0 Å². The van der Waals surface area contributed by atoms with Gasteiger partial charge in [0.15, 0.2) is 0 Å². The van der Waals surface area contributed by atoms with Crippen molar-refractivity contribution in [1.29, 1.82) is 0 Å². The second-order valence-corrected chi connectivity index (χ2v) is 5.18. The largest absolute Gasteiger partial charge is 0.393 e. The second-order valence-electron chi connectivity index (χ2n) is 5.18. The Morgan fingerprint density at radius 3 is 2.86 bits per heavy atom.